The molecule has 1 atom stereocenters. The minimum absolute atomic E-state index is 0.139. The Hall–Kier alpha value is -5.63. The van der Waals surface area contributed by atoms with Gasteiger partial charge in [-0.15, -0.1) is 0 Å². The molecule has 0 radical (unpaired) electrons. The first kappa shape index (κ1) is 30.8. The van der Waals surface area contributed by atoms with Gasteiger partial charge in [0.1, 0.15) is 24.7 Å². The first-order valence-corrected chi connectivity index (χ1v) is 14.6. The maximum Gasteiger partial charge on any atom is 0.328 e. The van der Waals surface area contributed by atoms with E-state index in [0.717, 1.165) is 11.1 Å². The van der Waals surface area contributed by atoms with Crippen molar-refractivity contribution in [2.45, 2.75) is 19.0 Å². The molecule has 1 heterocycles. The van der Waals surface area contributed by atoms with E-state index in [0.29, 0.717) is 47.6 Å². The van der Waals surface area contributed by atoms with Gasteiger partial charge in [-0.2, -0.15) is 0 Å². The highest BCUT2D eigenvalue weighted by atomic mass is 16.5. The van der Waals surface area contributed by atoms with Crippen molar-refractivity contribution < 1.29 is 28.3 Å². The van der Waals surface area contributed by atoms with Crippen LogP contribution in [0.5, 0.6) is 5.75 Å². The Morgan fingerprint density at radius 3 is 2.16 bits per heavy atom. The number of nitrogens with zero attached hydrogens (tertiary/aromatic N) is 1. The molecule has 0 fully saturated rings. The minimum atomic E-state index is -0.730. The topological polar surface area (TPSA) is 98.1 Å². The van der Waals surface area contributed by atoms with Gasteiger partial charge in [0.25, 0.3) is 5.91 Å². The second-order valence-electron chi connectivity index (χ2n) is 10.4. The molecule has 4 aromatic carbocycles. The number of hydrogen-bond donors (Lipinski definition) is 1. The largest absolute Gasteiger partial charge is 0.492 e. The average Bonchev–Trinajstić information content (AvgIpc) is 3.64. The van der Waals surface area contributed by atoms with Gasteiger partial charge in [-0.3, -0.25) is 9.59 Å². The third-order valence-electron chi connectivity index (χ3n) is 7.29. The molecule has 0 spiro atoms. The van der Waals surface area contributed by atoms with Crippen molar-refractivity contribution in [2.75, 3.05) is 25.6 Å². The number of amides is 1. The molecule has 0 aliphatic rings. The lowest BCUT2D eigenvalue weighted by Crippen LogP contribution is -2.34. The molecule has 1 aromatic heterocycles. The highest BCUT2D eigenvalue weighted by Crippen LogP contribution is 2.22. The zero-order valence-electron chi connectivity index (χ0n) is 24.9. The fraction of sp³-hybridized carbons (Fsp3) is 0.162. The van der Waals surface area contributed by atoms with Crippen LogP contribution < -0.4 is 10.1 Å². The normalized spacial score (nSPS) is 11.3. The van der Waals surface area contributed by atoms with Crippen molar-refractivity contribution in [2.24, 2.45) is 0 Å². The Balaban J connectivity index is 1.22. The van der Waals surface area contributed by atoms with Gasteiger partial charge in [-0.1, -0.05) is 84.9 Å². The molecule has 0 bridgehead atoms. The molecule has 8 nitrogen and oxygen atoms in total. The van der Waals surface area contributed by atoms with Crippen LogP contribution in [0, 0.1) is 0 Å². The van der Waals surface area contributed by atoms with Crippen LogP contribution in [0.3, 0.4) is 0 Å². The van der Waals surface area contributed by atoms with Crippen molar-refractivity contribution in [1.82, 2.24) is 4.90 Å². The smallest absolute Gasteiger partial charge is 0.328 e. The predicted molar refractivity (Wildman–Crippen MR) is 171 cm³/mol. The van der Waals surface area contributed by atoms with Crippen LogP contribution >= 0.6 is 0 Å². The van der Waals surface area contributed by atoms with Crippen LogP contribution in [0.15, 0.2) is 132 Å². The quantitative estimate of drug-likeness (QED) is 0.116. The molecule has 0 aliphatic heterocycles. The summed E-state index contributed by atoms with van der Waals surface area (Å²) in [6, 6.07) is 34.3. The number of hydrogen-bond acceptors (Lipinski definition) is 7. The number of anilines is 1. The predicted octanol–water partition coefficient (Wildman–Crippen LogP) is 6.43. The van der Waals surface area contributed by atoms with E-state index in [9.17, 15) is 14.4 Å². The number of carbonyl (C=O) groups is 3. The van der Waals surface area contributed by atoms with E-state index in [4.69, 9.17) is 13.9 Å². The number of carbonyl (C=O) groups excluding carboxylic acids is 3. The fourth-order valence-corrected chi connectivity index (χ4v) is 4.93. The van der Waals surface area contributed by atoms with Gasteiger partial charge >= 0.3 is 5.97 Å². The zero-order valence-corrected chi connectivity index (χ0v) is 24.9. The van der Waals surface area contributed by atoms with E-state index in [1.165, 1.54) is 19.6 Å². The second-order valence-corrected chi connectivity index (χ2v) is 10.4. The summed E-state index contributed by atoms with van der Waals surface area (Å²) < 4.78 is 16.2. The first-order valence-electron chi connectivity index (χ1n) is 14.6. The molecular weight excluding hydrogens is 568 g/mol. The van der Waals surface area contributed by atoms with Crippen molar-refractivity contribution in [3.63, 3.8) is 0 Å². The van der Waals surface area contributed by atoms with Crippen LogP contribution in [-0.4, -0.2) is 48.9 Å². The highest BCUT2D eigenvalue weighted by Gasteiger charge is 2.23. The van der Waals surface area contributed by atoms with Gasteiger partial charge in [0.15, 0.2) is 5.78 Å². The Morgan fingerprint density at radius 1 is 0.778 bits per heavy atom. The lowest BCUT2D eigenvalue weighted by molar-refractivity contribution is -0.141. The summed E-state index contributed by atoms with van der Waals surface area (Å²) in [5.41, 5.74) is 3.94. The number of methoxy groups -OCH3 is 1. The molecule has 1 unspecified atom stereocenters. The van der Waals surface area contributed by atoms with E-state index < -0.39 is 12.0 Å². The van der Waals surface area contributed by atoms with Crippen molar-refractivity contribution in [3.05, 3.63) is 156 Å². The monoisotopic (exact) mass is 602 g/mol. The number of rotatable bonds is 14. The van der Waals surface area contributed by atoms with Gasteiger partial charge in [0.2, 0.25) is 0 Å². The average molecular weight is 603 g/mol. The van der Waals surface area contributed by atoms with Gasteiger partial charge in [-0.25, -0.2) is 4.79 Å². The van der Waals surface area contributed by atoms with E-state index in [1.54, 1.807) is 41.3 Å². The number of ether oxygens (including phenoxy) is 2. The zero-order chi connectivity index (χ0) is 31.4. The Bertz CT molecular complexity index is 1690. The van der Waals surface area contributed by atoms with Crippen molar-refractivity contribution in [1.29, 1.82) is 0 Å². The summed E-state index contributed by atoms with van der Waals surface area (Å²) in [6.45, 7) is 1.10. The Morgan fingerprint density at radius 2 is 1.47 bits per heavy atom. The van der Waals surface area contributed by atoms with E-state index in [-0.39, 0.29) is 18.3 Å². The third kappa shape index (κ3) is 8.26. The Kier molecular flexibility index (Phi) is 10.4. The van der Waals surface area contributed by atoms with Gasteiger partial charge in [-0.05, 0) is 41.5 Å². The summed E-state index contributed by atoms with van der Waals surface area (Å²) in [7, 11) is 1.34. The van der Waals surface area contributed by atoms with Crippen LogP contribution in [0.1, 0.15) is 37.4 Å². The lowest BCUT2D eigenvalue weighted by atomic mass is 10.00. The number of furan rings is 1. The fourth-order valence-electron chi connectivity index (χ4n) is 4.93. The van der Waals surface area contributed by atoms with Crippen LogP contribution in [-0.2, 0) is 22.5 Å². The molecule has 0 aliphatic carbocycles. The number of benzene rings is 4. The summed E-state index contributed by atoms with van der Waals surface area (Å²) >= 11 is 0. The first-order chi connectivity index (χ1) is 22.0. The maximum absolute atomic E-state index is 13.2. The standard InChI is InChI=1S/C37H34N2O6/c1-43-37(42)34(38-33-15-9-8-14-32(33)35(40)29-12-6-3-7-13-29)24-27-16-18-31(19-17-27)45-23-21-39(25-28-10-4-2-5-11-28)36(41)30-20-22-44-26-30/h2-20,22,26,34,38H,21,23-25H2,1H3. The lowest BCUT2D eigenvalue weighted by Gasteiger charge is -2.22. The van der Waals surface area contributed by atoms with E-state index >= 15 is 0 Å². The summed E-state index contributed by atoms with van der Waals surface area (Å²) in [4.78, 5) is 40.8. The Labute approximate surface area is 262 Å². The number of para-hydroxylation sites is 1. The van der Waals surface area contributed by atoms with E-state index in [1.807, 2.05) is 78.9 Å². The van der Waals surface area contributed by atoms with Crippen LogP contribution in [0.25, 0.3) is 0 Å². The number of esters is 1. The number of nitrogens with one attached hydrogen (secondary N) is 1. The molecule has 1 amide bonds. The van der Waals surface area contributed by atoms with Crippen LogP contribution in [0.2, 0.25) is 0 Å². The highest BCUT2D eigenvalue weighted by molar-refractivity contribution is 6.12. The SMILES string of the molecule is COC(=O)C(Cc1ccc(OCCN(Cc2ccccc2)C(=O)c2ccoc2)cc1)Nc1ccccc1C(=O)c1ccccc1. The molecule has 8 heteroatoms. The van der Waals surface area contributed by atoms with Crippen LogP contribution in [0.4, 0.5) is 5.69 Å². The maximum atomic E-state index is 13.2. The van der Waals surface area contributed by atoms with Crippen molar-refractivity contribution in [3.8, 4) is 5.75 Å². The van der Waals surface area contributed by atoms with Gasteiger partial charge in [0, 0.05) is 29.8 Å². The molecule has 5 rings (SSSR count). The summed E-state index contributed by atoms with van der Waals surface area (Å²) in [5, 5.41) is 3.23. The summed E-state index contributed by atoms with van der Waals surface area (Å²) in [6.07, 6.45) is 3.25. The van der Waals surface area contributed by atoms with Gasteiger partial charge in [0.05, 0.1) is 25.5 Å². The summed E-state index contributed by atoms with van der Waals surface area (Å²) in [5.74, 6) is -0.0915. The second kappa shape index (κ2) is 15.2. The number of ketones is 1. The molecule has 0 saturated heterocycles. The molecule has 5 aromatic rings. The molecule has 0 saturated carbocycles. The van der Waals surface area contributed by atoms with E-state index in [2.05, 4.69) is 5.32 Å². The molecule has 45 heavy (non-hydrogen) atoms. The molecule has 1 N–H and O–H groups in total. The van der Waals surface area contributed by atoms with Crippen molar-refractivity contribution >= 4 is 23.3 Å². The molecular formula is C37H34N2O6. The van der Waals surface area contributed by atoms with Gasteiger partial charge < -0.3 is 24.1 Å². The third-order valence-corrected chi connectivity index (χ3v) is 7.29. The molecule has 228 valence electrons. The minimum Gasteiger partial charge on any atom is -0.492 e.